The minimum absolute atomic E-state index is 0.0404. The van der Waals surface area contributed by atoms with E-state index in [9.17, 15) is 4.79 Å². The molecule has 0 saturated carbocycles. The summed E-state index contributed by atoms with van der Waals surface area (Å²) in [5.74, 6) is -0.0542. The van der Waals surface area contributed by atoms with Gasteiger partial charge in [-0.2, -0.15) is 4.98 Å². The lowest BCUT2D eigenvalue weighted by atomic mass is 9.84. The molecule has 0 aliphatic rings. The van der Waals surface area contributed by atoms with Gasteiger partial charge < -0.3 is 14.9 Å². The summed E-state index contributed by atoms with van der Waals surface area (Å²) >= 11 is 0. The minimum Gasteiger partial charge on any atom is -0.481 e. The van der Waals surface area contributed by atoms with Gasteiger partial charge in [-0.15, -0.1) is 0 Å². The van der Waals surface area contributed by atoms with Gasteiger partial charge in [-0.25, -0.2) is 4.98 Å². The van der Waals surface area contributed by atoms with Crippen molar-refractivity contribution in [2.45, 2.75) is 40.0 Å². The first-order chi connectivity index (χ1) is 9.89. The van der Waals surface area contributed by atoms with Crippen molar-refractivity contribution in [1.29, 1.82) is 0 Å². The van der Waals surface area contributed by atoms with Crippen LogP contribution >= 0.6 is 0 Å². The molecule has 0 radical (unpaired) electrons. The molecule has 2 aromatic heterocycles. The van der Waals surface area contributed by atoms with Gasteiger partial charge in [0.05, 0.1) is 5.69 Å². The molecule has 0 aliphatic heterocycles. The maximum atomic E-state index is 10.6. The van der Waals surface area contributed by atoms with Crippen molar-refractivity contribution < 1.29 is 14.4 Å². The summed E-state index contributed by atoms with van der Waals surface area (Å²) in [6, 6.07) is 0. The van der Waals surface area contributed by atoms with E-state index in [0.29, 0.717) is 24.5 Å². The number of anilines is 1. The van der Waals surface area contributed by atoms with Crippen molar-refractivity contribution in [2.75, 3.05) is 11.9 Å². The fourth-order valence-electron chi connectivity index (χ4n) is 2.15. The second kappa shape index (κ2) is 6.07. The van der Waals surface area contributed by atoms with Gasteiger partial charge in [-0.1, -0.05) is 19.0 Å². The second-order valence-electron chi connectivity index (χ2n) is 5.91. The van der Waals surface area contributed by atoms with E-state index in [1.54, 1.807) is 0 Å². The quantitative estimate of drug-likeness (QED) is 0.808. The highest BCUT2D eigenvalue weighted by atomic mass is 16.5. The Kier molecular flexibility index (Phi) is 4.40. The first-order valence-electron chi connectivity index (χ1n) is 6.92. The van der Waals surface area contributed by atoms with E-state index < -0.39 is 5.97 Å². The van der Waals surface area contributed by atoms with Crippen molar-refractivity contribution in [3.63, 3.8) is 0 Å². The maximum absolute atomic E-state index is 10.6. The molecule has 0 aliphatic carbocycles. The van der Waals surface area contributed by atoms with Crippen molar-refractivity contribution in [3.8, 4) is 0 Å². The Hall–Kier alpha value is -2.18. The number of hydrogen-bond acceptors (Lipinski definition) is 6. The van der Waals surface area contributed by atoms with Crippen molar-refractivity contribution >= 4 is 22.9 Å². The Balaban J connectivity index is 1.96. The Bertz CT molecular complexity index is 636. The van der Waals surface area contributed by atoms with E-state index in [0.717, 1.165) is 17.5 Å². The van der Waals surface area contributed by atoms with Gasteiger partial charge in [-0.05, 0) is 25.2 Å². The number of rotatable bonds is 7. The molecular formula is C14H20N4O3. The van der Waals surface area contributed by atoms with Crippen LogP contribution in [0.5, 0.6) is 0 Å². The van der Waals surface area contributed by atoms with Crippen LogP contribution in [0.3, 0.4) is 0 Å². The predicted octanol–water partition coefficient (Wildman–Crippen LogP) is 2.62. The lowest BCUT2D eigenvalue weighted by molar-refractivity contribution is -0.137. The molecule has 7 nitrogen and oxygen atoms in total. The van der Waals surface area contributed by atoms with Crippen LogP contribution in [0.25, 0.3) is 11.1 Å². The van der Waals surface area contributed by atoms with Gasteiger partial charge in [0.1, 0.15) is 17.5 Å². The molecule has 0 bridgehead atoms. The van der Waals surface area contributed by atoms with Gasteiger partial charge in [0, 0.05) is 13.0 Å². The summed E-state index contributed by atoms with van der Waals surface area (Å²) in [5.41, 5.74) is 1.18. The van der Waals surface area contributed by atoms with E-state index in [1.807, 2.05) is 6.92 Å². The molecule has 2 aromatic rings. The first kappa shape index (κ1) is 15.2. The van der Waals surface area contributed by atoms with Crippen molar-refractivity contribution in [3.05, 3.63) is 12.0 Å². The summed E-state index contributed by atoms with van der Waals surface area (Å²) < 4.78 is 5.10. The largest absolute Gasteiger partial charge is 0.481 e. The molecule has 2 N–H and O–H groups in total. The molecule has 0 aromatic carbocycles. The van der Waals surface area contributed by atoms with Gasteiger partial charge in [0.2, 0.25) is 0 Å². The monoisotopic (exact) mass is 292 g/mol. The van der Waals surface area contributed by atoms with Gasteiger partial charge in [-0.3, -0.25) is 4.79 Å². The highest BCUT2D eigenvalue weighted by Gasteiger charge is 2.19. The van der Waals surface area contributed by atoms with Crippen LogP contribution in [0.4, 0.5) is 5.82 Å². The molecule has 0 saturated heterocycles. The van der Waals surface area contributed by atoms with Gasteiger partial charge in [0.25, 0.3) is 5.71 Å². The molecule has 2 heterocycles. The average molecular weight is 292 g/mol. The molecule has 21 heavy (non-hydrogen) atoms. The molecule has 2 rings (SSSR count). The third-order valence-corrected chi connectivity index (χ3v) is 3.55. The highest BCUT2D eigenvalue weighted by molar-refractivity contribution is 5.87. The van der Waals surface area contributed by atoms with Crippen LogP contribution in [0, 0.1) is 12.3 Å². The molecule has 7 heteroatoms. The molecule has 0 amide bonds. The number of aromatic nitrogens is 3. The zero-order valence-corrected chi connectivity index (χ0v) is 12.5. The molecule has 0 atom stereocenters. The molecule has 0 unspecified atom stereocenters. The first-order valence-corrected chi connectivity index (χ1v) is 6.92. The molecular weight excluding hydrogens is 272 g/mol. The number of nitrogens with zero attached hydrogens (tertiary/aromatic N) is 3. The maximum Gasteiger partial charge on any atom is 0.303 e. The normalized spacial score (nSPS) is 11.8. The third-order valence-electron chi connectivity index (χ3n) is 3.55. The van der Waals surface area contributed by atoms with E-state index >= 15 is 0 Å². The zero-order chi connectivity index (χ0) is 15.5. The number of aryl methyl sites for hydroxylation is 1. The fraction of sp³-hybridized carbons (Fsp3) is 0.571. The van der Waals surface area contributed by atoms with E-state index in [1.165, 1.54) is 6.33 Å². The standard InChI is InChI=1S/C14H20N4O3/c1-9-11-12(16-8-17-13(11)21-18-9)15-7-6-14(2,3)5-4-10(19)20/h8H,4-7H2,1-3H3,(H,19,20)(H,15,16,17). The van der Waals surface area contributed by atoms with E-state index in [-0.39, 0.29) is 11.8 Å². The topological polar surface area (TPSA) is 101 Å². The molecule has 0 fully saturated rings. The zero-order valence-electron chi connectivity index (χ0n) is 12.5. The fourth-order valence-corrected chi connectivity index (χ4v) is 2.15. The third kappa shape index (κ3) is 3.90. The van der Waals surface area contributed by atoms with Gasteiger partial charge in [0.15, 0.2) is 0 Å². The van der Waals surface area contributed by atoms with E-state index in [4.69, 9.17) is 9.63 Å². The van der Waals surface area contributed by atoms with Gasteiger partial charge >= 0.3 is 5.97 Å². The van der Waals surface area contributed by atoms with Crippen LogP contribution in [0.2, 0.25) is 0 Å². The number of nitrogens with one attached hydrogen (secondary N) is 1. The summed E-state index contributed by atoms with van der Waals surface area (Å²) in [6.07, 6.45) is 3.12. The van der Waals surface area contributed by atoms with Crippen LogP contribution < -0.4 is 5.32 Å². The highest BCUT2D eigenvalue weighted by Crippen LogP contribution is 2.27. The summed E-state index contributed by atoms with van der Waals surface area (Å²) in [5, 5.41) is 16.7. The lowest BCUT2D eigenvalue weighted by Crippen LogP contribution is -2.18. The number of fused-ring (bicyclic) bond motifs is 1. The minimum atomic E-state index is -0.756. The van der Waals surface area contributed by atoms with Crippen LogP contribution in [0.15, 0.2) is 10.9 Å². The Morgan fingerprint density at radius 2 is 2.14 bits per heavy atom. The smallest absolute Gasteiger partial charge is 0.303 e. The SMILES string of the molecule is Cc1noc2ncnc(NCCC(C)(C)CCC(=O)O)c12. The second-order valence-corrected chi connectivity index (χ2v) is 5.91. The number of aliphatic carboxylic acids is 1. The molecule has 114 valence electrons. The van der Waals surface area contributed by atoms with Crippen LogP contribution in [0.1, 0.15) is 38.8 Å². The summed E-state index contributed by atoms with van der Waals surface area (Å²) in [6.45, 7) is 6.68. The van der Waals surface area contributed by atoms with Crippen molar-refractivity contribution in [1.82, 2.24) is 15.1 Å². The Labute approximate surface area is 122 Å². The van der Waals surface area contributed by atoms with Crippen LogP contribution in [-0.4, -0.2) is 32.7 Å². The Morgan fingerprint density at radius 3 is 2.86 bits per heavy atom. The predicted molar refractivity (Wildman–Crippen MR) is 78.1 cm³/mol. The number of carbonyl (C=O) groups is 1. The van der Waals surface area contributed by atoms with E-state index in [2.05, 4.69) is 34.3 Å². The summed E-state index contributed by atoms with van der Waals surface area (Å²) in [4.78, 5) is 18.9. The Morgan fingerprint density at radius 1 is 1.38 bits per heavy atom. The van der Waals surface area contributed by atoms with Crippen LogP contribution in [-0.2, 0) is 4.79 Å². The number of carboxylic acid groups (broad SMARTS) is 1. The molecule has 0 spiro atoms. The summed E-state index contributed by atoms with van der Waals surface area (Å²) in [7, 11) is 0. The number of carboxylic acids is 1. The average Bonchev–Trinajstić information content (AvgIpc) is 2.79. The number of hydrogen-bond donors (Lipinski definition) is 2. The van der Waals surface area contributed by atoms with Crippen molar-refractivity contribution in [2.24, 2.45) is 5.41 Å². The lowest BCUT2D eigenvalue weighted by Gasteiger charge is -2.24.